The fourth-order valence-corrected chi connectivity index (χ4v) is 1.83. The van der Waals surface area contributed by atoms with Crippen LogP contribution in [0.2, 0.25) is 0 Å². The zero-order chi connectivity index (χ0) is 17.9. The summed E-state index contributed by atoms with van der Waals surface area (Å²) < 4.78 is 43.9. The van der Waals surface area contributed by atoms with Crippen molar-refractivity contribution in [1.29, 1.82) is 0 Å². The lowest BCUT2D eigenvalue weighted by atomic mass is 10.1. The van der Waals surface area contributed by atoms with Gasteiger partial charge >= 0.3 is 5.97 Å². The van der Waals surface area contributed by atoms with E-state index in [1.54, 1.807) is 13.0 Å². The number of aryl methyl sites for hydroxylation is 1. The average Bonchev–Trinajstić information content (AvgIpc) is 2.53. The summed E-state index contributed by atoms with van der Waals surface area (Å²) in [6, 6.07) is 5.70. The van der Waals surface area contributed by atoms with E-state index >= 15 is 0 Å². The Labute approximate surface area is 134 Å². The smallest absolute Gasteiger partial charge is 0.342 e. The summed E-state index contributed by atoms with van der Waals surface area (Å²) in [5, 5.41) is 11.6. The summed E-state index contributed by atoms with van der Waals surface area (Å²) >= 11 is 0. The monoisotopic (exact) mass is 339 g/mol. The highest BCUT2D eigenvalue weighted by Gasteiger charge is 2.17. The third-order valence-corrected chi connectivity index (χ3v) is 3.02. The largest absolute Gasteiger partial charge is 0.507 e. The summed E-state index contributed by atoms with van der Waals surface area (Å²) in [6.07, 6.45) is 0. The van der Waals surface area contributed by atoms with E-state index < -0.39 is 41.6 Å². The van der Waals surface area contributed by atoms with E-state index in [9.17, 15) is 27.9 Å². The van der Waals surface area contributed by atoms with Gasteiger partial charge in [0.1, 0.15) is 11.3 Å². The lowest BCUT2D eigenvalue weighted by molar-refractivity contribution is -0.119. The van der Waals surface area contributed by atoms with E-state index in [1.165, 1.54) is 12.1 Å². The van der Waals surface area contributed by atoms with Crippen LogP contribution in [0.5, 0.6) is 5.75 Å². The first-order chi connectivity index (χ1) is 11.3. The zero-order valence-corrected chi connectivity index (χ0v) is 12.4. The Morgan fingerprint density at radius 2 is 1.83 bits per heavy atom. The van der Waals surface area contributed by atoms with Crippen LogP contribution in [0.3, 0.4) is 0 Å². The molecule has 0 heterocycles. The standard InChI is InChI=1S/C16H12F3NO4/c1-8-2-3-9(12(21)6-8)16(23)24-7-13(22)20-11-5-4-10(17)14(18)15(11)19/h2-6,21H,7H2,1H3,(H,20,22). The van der Waals surface area contributed by atoms with Gasteiger partial charge < -0.3 is 15.2 Å². The van der Waals surface area contributed by atoms with Crippen molar-refractivity contribution in [3.05, 3.63) is 58.9 Å². The Hall–Kier alpha value is -3.03. The average molecular weight is 339 g/mol. The molecule has 0 aliphatic carbocycles. The lowest BCUT2D eigenvalue weighted by Gasteiger charge is -2.09. The van der Waals surface area contributed by atoms with Crippen LogP contribution < -0.4 is 5.32 Å². The number of hydrogen-bond acceptors (Lipinski definition) is 4. The summed E-state index contributed by atoms with van der Waals surface area (Å²) in [7, 11) is 0. The molecule has 126 valence electrons. The van der Waals surface area contributed by atoms with E-state index in [1.807, 2.05) is 5.32 Å². The third kappa shape index (κ3) is 3.83. The number of benzene rings is 2. The van der Waals surface area contributed by atoms with E-state index in [0.29, 0.717) is 6.07 Å². The van der Waals surface area contributed by atoms with Gasteiger partial charge in [0, 0.05) is 0 Å². The molecule has 0 saturated carbocycles. The van der Waals surface area contributed by atoms with Gasteiger partial charge in [-0.15, -0.1) is 0 Å². The predicted molar refractivity (Wildman–Crippen MR) is 78.1 cm³/mol. The van der Waals surface area contributed by atoms with E-state index in [2.05, 4.69) is 4.74 Å². The second-order valence-electron chi connectivity index (χ2n) is 4.87. The normalized spacial score (nSPS) is 10.3. The van der Waals surface area contributed by atoms with Crippen molar-refractivity contribution in [2.75, 3.05) is 11.9 Å². The predicted octanol–water partition coefficient (Wildman–Crippen LogP) is 2.91. The molecule has 0 radical (unpaired) electrons. The number of esters is 1. The summed E-state index contributed by atoms with van der Waals surface area (Å²) in [4.78, 5) is 23.4. The number of aromatic hydroxyl groups is 1. The van der Waals surface area contributed by atoms with Crippen LogP contribution in [0.4, 0.5) is 18.9 Å². The first-order valence-electron chi connectivity index (χ1n) is 6.69. The number of halogens is 3. The molecule has 8 heteroatoms. The number of ether oxygens (including phenoxy) is 1. The van der Waals surface area contributed by atoms with Crippen LogP contribution >= 0.6 is 0 Å². The van der Waals surface area contributed by atoms with Gasteiger partial charge in [-0.2, -0.15) is 0 Å². The maximum absolute atomic E-state index is 13.4. The third-order valence-electron chi connectivity index (χ3n) is 3.02. The summed E-state index contributed by atoms with van der Waals surface area (Å²) in [5.41, 5.74) is -0.0175. The molecule has 0 bridgehead atoms. The van der Waals surface area contributed by atoms with Gasteiger partial charge in [0.15, 0.2) is 24.1 Å². The van der Waals surface area contributed by atoms with Crippen molar-refractivity contribution in [1.82, 2.24) is 0 Å². The molecule has 2 N–H and O–H groups in total. The van der Waals surface area contributed by atoms with Crippen LogP contribution in [0.25, 0.3) is 0 Å². The SMILES string of the molecule is Cc1ccc(C(=O)OCC(=O)Nc2ccc(F)c(F)c2F)c(O)c1. The van der Waals surface area contributed by atoms with Crippen molar-refractivity contribution >= 4 is 17.6 Å². The lowest BCUT2D eigenvalue weighted by Crippen LogP contribution is -2.21. The highest BCUT2D eigenvalue weighted by Crippen LogP contribution is 2.20. The van der Waals surface area contributed by atoms with Gasteiger partial charge in [0.05, 0.1) is 5.69 Å². The number of amides is 1. The number of phenols is 1. The van der Waals surface area contributed by atoms with Gasteiger partial charge in [-0.1, -0.05) is 6.07 Å². The van der Waals surface area contributed by atoms with Crippen LogP contribution in [-0.4, -0.2) is 23.6 Å². The Morgan fingerprint density at radius 3 is 2.50 bits per heavy atom. The van der Waals surface area contributed by atoms with Gasteiger partial charge in [0.2, 0.25) is 0 Å². The minimum atomic E-state index is -1.73. The second kappa shape index (κ2) is 7.03. The maximum atomic E-state index is 13.4. The number of phenolic OH excluding ortho intramolecular Hbond substituents is 1. The van der Waals surface area contributed by atoms with Crippen molar-refractivity contribution in [2.24, 2.45) is 0 Å². The molecule has 0 spiro atoms. The molecule has 24 heavy (non-hydrogen) atoms. The summed E-state index contributed by atoms with van der Waals surface area (Å²) in [6.45, 7) is 0.906. The quantitative estimate of drug-likeness (QED) is 0.663. The number of carbonyl (C=O) groups is 2. The molecule has 2 aromatic carbocycles. The molecule has 0 fully saturated rings. The molecule has 2 rings (SSSR count). The second-order valence-corrected chi connectivity index (χ2v) is 4.87. The van der Waals surface area contributed by atoms with Crippen LogP contribution in [0.15, 0.2) is 30.3 Å². The minimum Gasteiger partial charge on any atom is -0.507 e. The maximum Gasteiger partial charge on any atom is 0.342 e. The first-order valence-corrected chi connectivity index (χ1v) is 6.69. The van der Waals surface area contributed by atoms with E-state index in [0.717, 1.165) is 11.6 Å². The molecule has 0 aliphatic heterocycles. The first kappa shape index (κ1) is 17.3. The van der Waals surface area contributed by atoms with E-state index in [4.69, 9.17) is 0 Å². The number of rotatable bonds is 4. The molecule has 0 unspecified atom stereocenters. The molecule has 5 nitrogen and oxygen atoms in total. The Kier molecular flexibility index (Phi) is 5.08. The van der Waals surface area contributed by atoms with Gasteiger partial charge in [0.25, 0.3) is 5.91 Å². The van der Waals surface area contributed by atoms with Gasteiger partial charge in [-0.25, -0.2) is 18.0 Å². The molecule has 0 atom stereocenters. The Morgan fingerprint density at radius 1 is 1.12 bits per heavy atom. The molecular formula is C16H12F3NO4. The fraction of sp³-hybridized carbons (Fsp3) is 0.125. The molecule has 2 aromatic rings. The van der Waals surface area contributed by atoms with Gasteiger partial charge in [-0.05, 0) is 36.8 Å². The zero-order valence-electron chi connectivity index (χ0n) is 12.4. The Bertz CT molecular complexity index is 808. The van der Waals surface area contributed by atoms with Crippen molar-refractivity contribution in [3.63, 3.8) is 0 Å². The van der Waals surface area contributed by atoms with Crippen molar-refractivity contribution < 1.29 is 32.6 Å². The minimum absolute atomic E-state index is 0.146. The molecule has 1 amide bonds. The number of carbonyl (C=O) groups excluding carboxylic acids is 2. The number of hydrogen-bond donors (Lipinski definition) is 2. The van der Waals surface area contributed by atoms with Crippen LogP contribution in [-0.2, 0) is 9.53 Å². The van der Waals surface area contributed by atoms with Gasteiger partial charge in [-0.3, -0.25) is 4.79 Å². The Balaban J connectivity index is 1.98. The molecule has 0 aliphatic rings. The molecule has 0 saturated heterocycles. The van der Waals surface area contributed by atoms with Crippen LogP contribution in [0, 0.1) is 24.4 Å². The summed E-state index contributed by atoms with van der Waals surface area (Å²) in [5.74, 6) is -6.92. The fourth-order valence-electron chi connectivity index (χ4n) is 1.83. The number of anilines is 1. The highest BCUT2D eigenvalue weighted by atomic mass is 19.2. The van der Waals surface area contributed by atoms with Crippen LogP contribution in [0.1, 0.15) is 15.9 Å². The molecule has 0 aromatic heterocycles. The topological polar surface area (TPSA) is 75.6 Å². The number of nitrogens with one attached hydrogen (secondary N) is 1. The highest BCUT2D eigenvalue weighted by molar-refractivity contribution is 5.96. The van der Waals surface area contributed by atoms with E-state index in [-0.39, 0.29) is 11.3 Å². The molecular weight excluding hydrogens is 327 g/mol. The van der Waals surface area contributed by atoms with Crippen molar-refractivity contribution in [2.45, 2.75) is 6.92 Å². The van der Waals surface area contributed by atoms with Crippen molar-refractivity contribution in [3.8, 4) is 5.75 Å².